The molecule has 4 nitrogen and oxygen atoms in total. The van der Waals surface area contributed by atoms with Gasteiger partial charge in [0, 0.05) is 24.7 Å². The third-order valence-corrected chi connectivity index (χ3v) is 4.15. The van der Waals surface area contributed by atoms with Gasteiger partial charge in [0.05, 0.1) is 18.3 Å². The maximum atomic E-state index is 5.55. The van der Waals surface area contributed by atoms with Crippen LogP contribution in [-0.2, 0) is 13.1 Å². The molecular formula is C20H25N3O. The van der Waals surface area contributed by atoms with Gasteiger partial charge in [0.25, 0.3) is 0 Å². The lowest BCUT2D eigenvalue weighted by Crippen LogP contribution is -2.26. The smallest absolute Gasteiger partial charge is 0.117 e. The van der Waals surface area contributed by atoms with Crippen LogP contribution in [0.1, 0.15) is 17.7 Å². The van der Waals surface area contributed by atoms with Gasteiger partial charge in [-0.15, -0.1) is 0 Å². The Bertz CT molecular complexity index is 747. The first-order chi connectivity index (χ1) is 11.7. The Morgan fingerprint density at radius 1 is 0.958 bits per heavy atom. The van der Waals surface area contributed by atoms with Crippen molar-refractivity contribution in [2.24, 2.45) is 0 Å². The minimum atomic E-state index is 0.823. The van der Waals surface area contributed by atoms with Crippen LogP contribution in [0.5, 0.6) is 0 Å². The van der Waals surface area contributed by atoms with E-state index in [0.717, 1.165) is 43.9 Å². The summed E-state index contributed by atoms with van der Waals surface area (Å²) in [6.07, 6.45) is 4.74. The van der Waals surface area contributed by atoms with E-state index in [9.17, 15) is 0 Å². The van der Waals surface area contributed by atoms with E-state index in [2.05, 4.69) is 53.1 Å². The fraction of sp³-hybridized carbons (Fsp3) is 0.350. The van der Waals surface area contributed by atoms with Crippen LogP contribution in [0, 0.1) is 0 Å². The van der Waals surface area contributed by atoms with E-state index >= 15 is 0 Å². The highest BCUT2D eigenvalue weighted by Gasteiger charge is 2.11. The summed E-state index contributed by atoms with van der Waals surface area (Å²) in [6.45, 7) is 3.82. The molecule has 0 aliphatic heterocycles. The van der Waals surface area contributed by atoms with E-state index < -0.39 is 0 Å². The molecule has 0 aliphatic rings. The highest BCUT2D eigenvalue weighted by atomic mass is 16.3. The lowest BCUT2D eigenvalue weighted by atomic mass is 10.1. The van der Waals surface area contributed by atoms with Crippen molar-refractivity contribution in [3.63, 3.8) is 0 Å². The summed E-state index contributed by atoms with van der Waals surface area (Å²) in [4.78, 5) is 9.24. The zero-order chi connectivity index (χ0) is 16.8. The number of hydrogen-bond donors (Lipinski definition) is 0. The van der Waals surface area contributed by atoms with Crippen molar-refractivity contribution in [2.75, 3.05) is 27.2 Å². The van der Waals surface area contributed by atoms with Crippen molar-refractivity contribution in [1.82, 2.24) is 14.8 Å². The van der Waals surface area contributed by atoms with Gasteiger partial charge in [-0.25, -0.2) is 0 Å². The second-order valence-electron chi connectivity index (χ2n) is 6.44. The fourth-order valence-corrected chi connectivity index (χ4v) is 2.98. The molecule has 3 aromatic rings. The van der Waals surface area contributed by atoms with E-state index in [1.165, 1.54) is 10.9 Å². The number of nitrogens with zero attached hydrogens (tertiary/aromatic N) is 3. The first-order valence-electron chi connectivity index (χ1n) is 8.44. The van der Waals surface area contributed by atoms with Crippen molar-refractivity contribution in [3.05, 3.63) is 66.2 Å². The van der Waals surface area contributed by atoms with E-state index in [1.807, 2.05) is 24.4 Å². The number of aromatic nitrogens is 1. The zero-order valence-corrected chi connectivity index (χ0v) is 14.5. The summed E-state index contributed by atoms with van der Waals surface area (Å²) in [7, 11) is 4.23. The molecule has 0 saturated heterocycles. The van der Waals surface area contributed by atoms with E-state index in [4.69, 9.17) is 4.42 Å². The van der Waals surface area contributed by atoms with Crippen molar-refractivity contribution in [2.45, 2.75) is 19.5 Å². The predicted octanol–water partition coefficient (Wildman–Crippen LogP) is 3.78. The summed E-state index contributed by atoms with van der Waals surface area (Å²) in [6, 6.07) is 14.5. The molecule has 4 heteroatoms. The second-order valence-corrected chi connectivity index (χ2v) is 6.44. The van der Waals surface area contributed by atoms with Crippen LogP contribution in [-0.4, -0.2) is 42.0 Å². The normalized spacial score (nSPS) is 11.7. The molecule has 0 atom stereocenters. The molecule has 2 aromatic heterocycles. The third kappa shape index (κ3) is 4.43. The Hall–Kier alpha value is -2.17. The van der Waals surface area contributed by atoms with Crippen molar-refractivity contribution in [1.29, 1.82) is 0 Å². The minimum absolute atomic E-state index is 0.823. The van der Waals surface area contributed by atoms with E-state index in [0.29, 0.717) is 0 Å². The van der Waals surface area contributed by atoms with Gasteiger partial charge in [0.2, 0.25) is 0 Å². The SMILES string of the molecule is CN(C)CCCN(Cc1ccco1)Cc1cccc2cccnc12. The standard InChI is InChI=1S/C20H25N3O/c1-22(2)12-6-13-23(16-19-10-5-14-24-19)15-18-8-3-7-17-9-4-11-21-20(17)18/h3-5,7-11,14H,6,12-13,15-16H2,1-2H3. The molecule has 0 fully saturated rings. The van der Waals surface area contributed by atoms with E-state index in [1.54, 1.807) is 6.26 Å². The average Bonchev–Trinajstić information content (AvgIpc) is 3.08. The van der Waals surface area contributed by atoms with Gasteiger partial charge in [0.1, 0.15) is 5.76 Å². The summed E-state index contributed by atoms with van der Waals surface area (Å²) in [5, 5.41) is 1.20. The van der Waals surface area contributed by atoms with Gasteiger partial charge >= 0.3 is 0 Å². The number of benzene rings is 1. The molecule has 0 N–H and O–H groups in total. The second kappa shape index (κ2) is 8.08. The monoisotopic (exact) mass is 323 g/mol. The number of para-hydroxylation sites is 1. The Morgan fingerprint density at radius 2 is 1.83 bits per heavy atom. The molecule has 24 heavy (non-hydrogen) atoms. The van der Waals surface area contributed by atoms with Crippen LogP contribution >= 0.6 is 0 Å². The summed E-state index contributed by atoms with van der Waals surface area (Å²) >= 11 is 0. The molecule has 3 rings (SSSR count). The van der Waals surface area contributed by atoms with Gasteiger partial charge < -0.3 is 9.32 Å². The van der Waals surface area contributed by atoms with Crippen LogP contribution in [0.15, 0.2) is 59.3 Å². The molecule has 0 bridgehead atoms. The van der Waals surface area contributed by atoms with Crippen LogP contribution in [0.25, 0.3) is 10.9 Å². The Kier molecular flexibility index (Phi) is 5.62. The molecule has 0 unspecified atom stereocenters. The largest absolute Gasteiger partial charge is 0.468 e. The van der Waals surface area contributed by atoms with Gasteiger partial charge in [-0.3, -0.25) is 9.88 Å². The lowest BCUT2D eigenvalue weighted by molar-refractivity contribution is 0.223. The zero-order valence-electron chi connectivity index (χ0n) is 14.5. The third-order valence-electron chi connectivity index (χ3n) is 4.15. The number of furan rings is 1. The first kappa shape index (κ1) is 16.7. The molecule has 2 heterocycles. The van der Waals surface area contributed by atoms with Gasteiger partial charge in [-0.1, -0.05) is 24.3 Å². The predicted molar refractivity (Wildman–Crippen MR) is 97.7 cm³/mol. The van der Waals surface area contributed by atoms with Crippen LogP contribution < -0.4 is 0 Å². The topological polar surface area (TPSA) is 32.5 Å². The average molecular weight is 323 g/mol. The molecule has 0 saturated carbocycles. The molecule has 1 aromatic carbocycles. The van der Waals surface area contributed by atoms with Gasteiger partial charge in [-0.2, -0.15) is 0 Å². The Labute approximate surface area is 143 Å². The first-order valence-corrected chi connectivity index (χ1v) is 8.44. The maximum Gasteiger partial charge on any atom is 0.117 e. The molecular weight excluding hydrogens is 298 g/mol. The van der Waals surface area contributed by atoms with Gasteiger partial charge in [-0.05, 0) is 50.8 Å². The quantitative estimate of drug-likeness (QED) is 0.631. The Balaban J connectivity index is 1.76. The minimum Gasteiger partial charge on any atom is -0.468 e. The van der Waals surface area contributed by atoms with Crippen molar-refractivity contribution < 1.29 is 4.42 Å². The Morgan fingerprint density at radius 3 is 2.62 bits per heavy atom. The highest BCUT2D eigenvalue weighted by Crippen LogP contribution is 2.19. The number of pyridine rings is 1. The van der Waals surface area contributed by atoms with Crippen LogP contribution in [0.3, 0.4) is 0 Å². The molecule has 0 radical (unpaired) electrons. The van der Waals surface area contributed by atoms with Gasteiger partial charge in [0.15, 0.2) is 0 Å². The molecule has 0 amide bonds. The van der Waals surface area contributed by atoms with Crippen molar-refractivity contribution in [3.8, 4) is 0 Å². The van der Waals surface area contributed by atoms with Crippen molar-refractivity contribution >= 4 is 10.9 Å². The molecule has 0 spiro atoms. The fourth-order valence-electron chi connectivity index (χ4n) is 2.98. The molecule has 0 aliphatic carbocycles. The highest BCUT2D eigenvalue weighted by molar-refractivity contribution is 5.81. The number of hydrogen-bond acceptors (Lipinski definition) is 4. The van der Waals surface area contributed by atoms with Crippen LogP contribution in [0.2, 0.25) is 0 Å². The lowest BCUT2D eigenvalue weighted by Gasteiger charge is -2.23. The summed E-state index contributed by atoms with van der Waals surface area (Å²) in [5.74, 6) is 1.01. The number of fused-ring (bicyclic) bond motifs is 1. The van der Waals surface area contributed by atoms with Crippen LogP contribution in [0.4, 0.5) is 0 Å². The molecule has 126 valence electrons. The summed E-state index contributed by atoms with van der Waals surface area (Å²) in [5.41, 5.74) is 2.36. The maximum absolute atomic E-state index is 5.55. The summed E-state index contributed by atoms with van der Waals surface area (Å²) < 4.78 is 5.55. The van der Waals surface area contributed by atoms with E-state index in [-0.39, 0.29) is 0 Å². The number of rotatable bonds is 8.